The fourth-order valence-electron chi connectivity index (χ4n) is 4.12. The summed E-state index contributed by atoms with van der Waals surface area (Å²) < 4.78 is 31.9. The summed E-state index contributed by atoms with van der Waals surface area (Å²) in [4.78, 5) is 12.8. The lowest BCUT2D eigenvalue weighted by atomic mass is 9.96. The van der Waals surface area contributed by atoms with E-state index in [4.69, 9.17) is 29.4 Å². The maximum Gasteiger partial charge on any atom is 0.184 e. The van der Waals surface area contributed by atoms with Crippen LogP contribution in [0.15, 0.2) is 43.0 Å². The van der Waals surface area contributed by atoms with Crippen molar-refractivity contribution < 1.29 is 23.7 Å². The van der Waals surface area contributed by atoms with Crippen LogP contribution in [0.3, 0.4) is 0 Å². The van der Waals surface area contributed by atoms with Crippen molar-refractivity contribution in [1.29, 1.82) is 0 Å². The maximum absolute atomic E-state index is 6.38. The molecule has 10 nitrogen and oxygen atoms in total. The van der Waals surface area contributed by atoms with Crippen molar-refractivity contribution in [1.82, 2.24) is 19.5 Å². The van der Waals surface area contributed by atoms with Crippen molar-refractivity contribution in [2.75, 3.05) is 39.3 Å². The highest BCUT2D eigenvalue weighted by molar-refractivity contribution is 5.81. The quantitative estimate of drug-likeness (QED) is 0.584. The molecule has 0 amide bonds. The first-order chi connectivity index (χ1) is 15.3. The van der Waals surface area contributed by atoms with E-state index < -0.39 is 6.29 Å². The molecule has 0 bridgehead atoms. The molecule has 10 heteroatoms. The average Bonchev–Trinajstić information content (AvgIpc) is 3.25. The van der Waals surface area contributed by atoms with Crippen molar-refractivity contribution in [2.24, 2.45) is 0 Å². The number of nitrogen functional groups attached to an aromatic ring is 1. The first kappa shape index (κ1) is 20.3. The minimum Gasteiger partial charge on any atom is -0.382 e. The van der Waals surface area contributed by atoms with Crippen LogP contribution < -0.4 is 5.73 Å². The molecule has 2 aromatic heterocycles. The summed E-state index contributed by atoms with van der Waals surface area (Å²) in [6, 6.07) is 9.63. The molecule has 1 unspecified atom stereocenters. The lowest BCUT2D eigenvalue weighted by Gasteiger charge is -2.46. The standard InChI is InChI=1S/C21H25N5O5/c1-27-7-8-28-17-14(26-12-25-16-19(22)23-11-24-20(16)26)9-29-15-10-30-21(31-18(15)17)13-5-3-2-4-6-13/h2-6,11-12,14-15,17-18,21H,7-10H2,1H3,(H2,22,23,24)/t14-,15-,17+,18-,21?/m1/s1. The molecular weight excluding hydrogens is 402 g/mol. The Kier molecular flexibility index (Phi) is 5.79. The highest BCUT2D eigenvalue weighted by Gasteiger charge is 2.47. The third-order valence-electron chi connectivity index (χ3n) is 5.66. The van der Waals surface area contributed by atoms with E-state index in [0.29, 0.717) is 43.4 Å². The monoisotopic (exact) mass is 427 g/mol. The molecule has 31 heavy (non-hydrogen) atoms. The van der Waals surface area contributed by atoms with Crippen LogP contribution in [0.5, 0.6) is 0 Å². The van der Waals surface area contributed by atoms with Gasteiger partial charge in [0.05, 0.1) is 38.8 Å². The van der Waals surface area contributed by atoms with Crippen LogP contribution in [0.4, 0.5) is 5.82 Å². The van der Waals surface area contributed by atoms with E-state index in [1.165, 1.54) is 6.33 Å². The van der Waals surface area contributed by atoms with Gasteiger partial charge in [-0.05, 0) is 0 Å². The van der Waals surface area contributed by atoms with E-state index in [1.807, 2.05) is 34.9 Å². The zero-order chi connectivity index (χ0) is 21.2. The summed E-state index contributed by atoms with van der Waals surface area (Å²) in [6.45, 7) is 1.71. The van der Waals surface area contributed by atoms with Crippen molar-refractivity contribution in [2.45, 2.75) is 30.6 Å². The second-order valence-corrected chi connectivity index (χ2v) is 7.53. The minimum atomic E-state index is -0.490. The fraction of sp³-hybridized carbons (Fsp3) is 0.476. The number of imidazole rings is 1. The second-order valence-electron chi connectivity index (χ2n) is 7.53. The SMILES string of the molecule is COCCO[C@@H]1[C@@H]2OC(c3ccccc3)OC[C@H]2OC[C@H]1n1cnc2c(N)ncnc21. The van der Waals surface area contributed by atoms with Gasteiger partial charge in [0, 0.05) is 12.7 Å². The number of ether oxygens (including phenoxy) is 5. The number of nitrogens with zero attached hydrogens (tertiary/aromatic N) is 4. The van der Waals surface area contributed by atoms with Crippen LogP contribution in [0.1, 0.15) is 17.9 Å². The third kappa shape index (κ3) is 3.88. The summed E-state index contributed by atoms with van der Waals surface area (Å²) in [5, 5.41) is 0. The van der Waals surface area contributed by atoms with Crippen molar-refractivity contribution >= 4 is 17.0 Å². The Morgan fingerprint density at radius 3 is 2.81 bits per heavy atom. The molecule has 0 saturated carbocycles. The summed E-state index contributed by atoms with van der Waals surface area (Å²) in [5.41, 5.74) is 8.11. The van der Waals surface area contributed by atoms with Gasteiger partial charge in [-0.15, -0.1) is 0 Å². The molecule has 2 N–H and O–H groups in total. The molecule has 2 aliphatic heterocycles. The third-order valence-corrected chi connectivity index (χ3v) is 5.66. The Labute approximate surface area is 179 Å². The number of fused-ring (bicyclic) bond motifs is 2. The van der Waals surface area contributed by atoms with E-state index in [9.17, 15) is 0 Å². The van der Waals surface area contributed by atoms with Gasteiger partial charge in [-0.3, -0.25) is 0 Å². The van der Waals surface area contributed by atoms with Gasteiger partial charge >= 0.3 is 0 Å². The molecule has 0 aliphatic carbocycles. The van der Waals surface area contributed by atoms with Crippen LogP contribution >= 0.6 is 0 Å². The highest BCUT2D eigenvalue weighted by Crippen LogP contribution is 2.37. The second kappa shape index (κ2) is 8.85. The van der Waals surface area contributed by atoms with Crippen LogP contribution in [0.2, 0.25) is 0 Å². The van der Waals surface area contributed by atoms with Crippen LogP contribution in [0, 0.1) is 0 Å². The Balaban J connectivity index is 1.46. The predicted molar refractivity (Wildman–Crippen MR) is 110 cm³/mol. The first-order valence-electron chi connectivity index (χ1n) is 10.2. The summed E-state index contributed by atoms with van der Waals surface area (Å²) >= 11 is 0. The molecule has 4 heterocycles. The molecule has 164 valence electrons. The molecule has 2 saturated heterocycles. The van der Waals surface area contributed by atoms with E-state index in [1.54, 1.807) is 13.4 Å². The van der Waals surface area contributed by atoms with E-state index in [0.717, 1.165) is 5.56 Å². The largest absolute Gasteiger partial charge is 0.382 e. The summed E-state index contributed by atoms with van der Waals surface area (Å²) in [6.07, 6.45) is 1.74. The molecule has 2 fully saturated rings. The molecule has 0 spiro atoms. The lowest BCUT2D eigenvalue weighted by Crippen LogP contribution is -2.57. The number of hydrogen-bond donors (Lipinski definition) is 1. The molecule has 0 radical (unpaired) electrons. The molecular formula is C21H25N5O5. The van der Waals surface area contributed by atoms with Crippen molar-refractivity contribution in [3.63, 3.8) is 0 Å². The topological polar surface area (TPSA) is 116 Å². The van der Waals surface area contributed by atoms with Gasteiger partial charge in [-0.1, -0.05) is 30.3 Å². The van der Waals surface area contributed by atoms with Crippen LogP contribution in [-0.4, -0.2) is 71.4 Å². The Morgan fingerprint density at radius 2 is 1.97 bits per heavy atom. The van der Waals surface area contributed by atoms with Crippen molar-refractivity contribution in [3.05, 3.63) is 48.5 Å². The Morgan fingerprint density at radius 1 is 1.10 bits per heavy atom. The van der Waals surface area contributed by atoms with E-state index in [2.05, 4.69) is 15.0 Å². The van der Waals surface area contributed by atoms with Crippen molar-refractivity contribution in [3.8, 4) is 0 Å². The zero-order valence-electron chi connectivity index (χ0n) is 17.2. The normalized spacial score (nSPS) is 28.5. The number of nitrogens with two attached hydrogens (primary N) is 1. The Bertz CT molecular complexity index is 1020. The molecule has 1 aromatic carbocycles. The summed E-state index contributed by atoms with van der Waals surface area (Å²) in [5.74, 6) is 0.335. The number of hydrogen-bond acceptors (Lipinski definition) is 9. The number of methoxy groups -OCH3 is 1. The minimum absolute atomic E-state index is 0.216. The van der Waals surface area contributed by atoms with Gasteiger partial charge in [0.15, 0.2) is 17.8 Å². The fourth-order valence-corrected chi connectivity index (χ4v) is 4.12. The highest BCUT2D eigenvalue weighted by atomic mass is 16.7. The Hall–Kier alpha value is -2.63. The molecule has 5 rings (SSSR count). The van der Waals surface area contributed by atoms with Gasteiger partial charge < -0.3 is 34.0 Å². The van der Waals surface area contributed by atoms with Gasteiger partial charge in [-0.2, -0.15) is 0 Å². The van der Waals surface area contributed by atoms with Gasteiger partial charge in [0.2, 0.25) is 0 Å². The van der Waals surface area contributed by atoms with Crippen LogP contribution in [-0.2, 0) is 23.7 Å². The van der Waals surface area contributed by atoms with E-state index >= 15 is 0 Å². The van der Waals surface area contributed by atoms with Gasteiger partial charge in [0.1, 0.15) is 30.2 Å². The molecule has 5 atom stereocenters. The predicted octanol–water partition coefficient (Wildman–Crippen LogP) is 1.49. The summed E-state index contributed by atoms with van der Waals surface area (Å²) in [7, 11) is 1.65. The molecule has 3 aromatic rings. The zero-order valence-corrected chi connectivity index (χ0v) is 17.2. The van der Waals surface area contributed by atoms with E-state index in [-0.39, 0.29) is 24.4 Å². The average molecular weight is 427 g/mol. The first-order valence-corrected chi connectivity index (χ1v) is 10.2. The smallest absolute Gasteiger partial charge is 0.184 e. The lowest BCUT2D eigenvalue weighted by molar-refractivity contribution is -0.312. The number of anilines is 1. The number of aromatic nitrogens is 4. The van der Waals surface area contributed by atoms with Gasteiger partial charge in [-0.25, -0.2) is 15.0 Å². The number of rotatable bonds is 6. The maximum atomic E-state index is 6.38. The molecule has 2 aliphatic rings. The van der Waals surface area contributed by atoms with Gasteiger partial charge in [0.25, 0.3) is 0 Å². The van der Waals surface area contributed by atoms with Crippen LogP contribution in [0.25, 0.3) is 11.2 Å². The number of benzene rings is 1.